The van der Waals surface area contributed by atoms with Crippen molar-refractivity contribution in [2.45, 2.75) is 12.6 Å². The molecule has 0 unspecified atom stereocenters. The molecule has 0 saturated carbocycles. The second kappa shape index (κ2) is 8.47. The number of alkyl halides is 5. The number of pyridine rings is 1. The highest BCUT2D eigenvalue weighted by molar-refractivity contribution is 5.54. The molecule has 3 aromatic rings. The molecular weight excluding hydrogens is 417 g/mol. The molecule has 0 bridgehead atoms. The first-order valence-corrected chi connectivity index (χ1v) is 8.33. The van der Waals surface area contributed by atoms with Crippen molar-refractivity contribution in [2.75, 3.05) is 13.2 Å². The first kappa shape index (κ1) is 21.2. The molecule has 3 heterocycles. The van der Waals surface area contributed by atoms with Crippen molar-refractivity contribution in [3.63, 3.8) is 0 Å². The molecule has 0 aliphatic rings. The van der Waals surface area contributed by atoms with Crippen molar-refractivity contribution >= 4 is 0 Å². The summed E-state index contributed by atoms with van der Waals surface area (Å²) in [5.74, 6) is -0.335. The Labute approximate surface area is 165 Å². The zero-order valence-electron chi connectivity index (χ0n) is 15.3. The van der Waals surface area contributed by atoms with Crippen LogP contribution < -0.4 is 15.0 Å². The normalized spacial score (nSPS) is 11.7. The van der Waals surface area contributed by atoms with Crippen LogP contribution in [0.5, 0.6) is 11.9 Å². The number of ether oxygens (including phenoxy) is 2. The number of halogens is 5. The summed E-state index contributed by atoms with van der Waals surface area (Å²) >= 11 is 0. The molecule has 0 aliphatic heterocycles. The molecule has 0 aliphatic carbocycles. The van der Waals surface area contributed by atoms with Gasteiger partial charge in [-0.3, -0.25) is 9.48 Å². The molecule has 3 aromatic heterocycles. The fraction of sp³-hybridized carbons (Fsp3) is 0.294. The van der Waals surface area contributed by atoms with Gasteiger partial charge in [-0.15, -0.1) is 0 Å². The van der Waals surface area contributed by atoms with Crippen LogP contribution in [0.4, 0.5) is 22.0 Å². The van der Waals surface area contributed by atoms with E-state index in [0.717, 1.165) is 22.9 Å². The summed E-state index contributed by atoms with van der Waals surface area (Å²) in [7, 11) is 1.60. The van der Waals surface area contributed by atoms with E-state index in [1.165, 1.54) is 16.9 Å². The van der Waals surface area contributed by atoms with Gasteiger partial charge in [-0.25, -0.2) is 18.3 Å². The summed E-state index contributed by atoms with van der Waals surface area (Å²) in [5, 5.41) is 3.95. The predicted octanol–water partition coefficient (Wildman–Crippen LogP) is 2.61. The maximum Gasteiger partial charge on any atom is 0.422 e. The first-order chi connectivity index (χ1) is 14.1. The Morgan fingerprint density at radius 2 is 1.93 bits per heavy atom. The van der Waals surface area contributed by atoms with E-state index < -0.39 is 37.4 Å². The quantitative estimate of drug-likeness (QED) is 0.535. The van der Waals surface area contributed by atoms with Crippen LogP contribution in [0.15, 0.2) is 41.5 Å². The molecule has 0 atom stereocenters. The Kier molecular flexibility index (Phi) is 5.99. The topological polar surface area (TPSA) is 84.1 Å². The van der Waals surface area contributed by atoms with Crippen LogP contribution in [-0.4, -0.2) is 50.1 Å². The zero-order valence-corrected chi connectivity index (χ0v) is 15.3. The van der Waals surface area contributed by atoms with Gasteiger partial charge in [0.25, 0.3) is 12.0 Å². The molecule has 0 spiro atoms. The van der Waals surface area contributed by atoms with Crippen LogP contribution in [0.25, 0.3) is 17.1 Å². The number of aromatic nitrogens is 5. The van der Waals surface area contributed by atoms with Crippen LogP contribution in [0.1, 0.15) is 0 Å². The third-order valence-corrected chi connectivity index (χ3v) is 3.67. The van der Waals surface area contributed by atoms with Gasteiger partial charge in [-0.1, -0.05) is 0 Å². The highest BCUT2D eigenvalue weighted by Crippen LogP contribution is 2.22. The van der Waals surface area contributed by atoms with Gasteiger partial charge >= 0.3 is 12.2 Å². The molecule has 0 radical (unpaired) electrons. The number of rotatable bonds is 7. The third-order valence-electron chi connectivity index (χ3n) is 3.67. The smallest absolute Gasteiger partial charge is 0.422 e. The van der Waals surface area contributed by atoms with Crippen LogP contribution in [0, 0.1) is 0 Å². The Morgan fingerprint density at radius 1 is 1.17 bits per heavy atom. The lowest BCUT2D eigenvalue weighted by Gasteiger charge is -2.14. The second-order valence-corrected chi connectivity index (χ2v) is 5.90. The van der Waals surface area contributed by atoms with Gasteiger partial charge in [0, 0.05) is 25.4 Å². The summed E-state index contributed by atoms with van der Waals surface area (Å²) < 4.78 is 73.8. The summed E-state index contributed by atoms with van der Waals surface area (Å²) in [4.78, 5) is 20.5. The fourth-order valence-electron chi connectivity index (χ4n) is 2.44. The van der Waals surface area contributed by atoms with E-state index in [2.05, 4.69) is 19.8 Å². The van der Waals surface area contributed by atoms with Crippen molar-refractivity contribution in [2.24, 2.45) is 7.05 Å². The molecule has 0 fully saturated rings. The number of aryl methyl sites for hydroxylation is 1. The minimum Gasteiger partial charge on any atom is -0.468 e. The van der Waals surface area contributed by atoms with Crippen LogP contribution in [-0.2, 0) is 7.05 Å². The average Bonchev–Trinajstić information content (AvgIpc) is 3.10. The number of hydrogen-bond donors (Lipinski definition) is 0. The van der Waals surface area contributed by atoms with Crippen molar-refractivity contribution in [1.29, 1.82) is 0 Å². The highest BCUT2D eigenvalue weighted by Gasteiger charge is 2.28. The summed E-state index contributed by atoms with van der Waals surface area (Å²) in [5.41, 5.74) is -0.0716. The highest BCUT2D eigenvalue weighted by atomic mass is 19.4. The SMILES string of the molecule is Cn1nccc1-c1cc(=O)n(-c2ccc(OCC(F)(F)F)nc2)c(OCC(F)F)n1. The maximum absolute atomic E-state index is 12.7. The molecule has 8 nitrogen and oxygen atoms in total. The van der Waals surface area contributed by atoms with Crippen LogP contribution in [0.3, 0.4) is 0 Å². The predicted molar refractivity (Wildman–Crippen MR) is 92.9 cm³/mol. The molecular formula is C17H14F5N5O3. The lowest BCUT2D eigenvalue weighted by molar-refractivity contribution is -0.154. The van der Waals surface area contributed by atoms with Gasteiger partial charge < -0.3 is 9.47 Å². The van der Waals surface area contributed by atoms with Crippen molar-refractivity contribution in [3.8, 4) is 29.0 Å². The van der Waals surface area contributed by atoms with E-state index in [9.17, 15) is 26.7 Å². The molecule has 160 valence electrons. The van der Waals surface area contributed by atoms with Gasteiger partial charge in [-0.05, 0) is 12.1 Å². The Balaban J connectivity index is 1.98. The standard InChI is InChI=1S/C17H14F5N5O3/c1-26-12(4-5-24-26)11-6-15(28)27(16(25-11)29-8-13(18)19)10-2-3-14(23-7-10)30-9-17(20,21)22/h2-7,13H,8-9H2,1H3. The lowest BCUT2D eigenvalue weighted by Crippen LogP contribution is -2.24. The molecule has 30 heavy (non-hydrogen) atoms. The molecule has 0 aromatic carbocycles. The van der Waals surface area contributed by atoms with E-state index >= 15 is 0 Å². The second-order valence-electron chi connectivity index (χ2n) is 5.90. The van der Waals surface area contributed by atoms with E-state index in [4.69, 9.17) is 4.74 Å². The Bertz CT molecular complexity index is 1060. The minimum absolute atomic E-state index is 0.0349. The van der Waals surface area contributed by atoms with Gasteiger partial charge in [0.05, 0.1) is 23.3 Å². The number of hydrogen-bond acceptors (Lipinski definition) is 6. The molecule has 0 saturated heterocycles. The van der Waals surface area contributed by atoms with Crippen molar-refractivity contribution in [3.05, 3.63) is 47.0 Å². The first-order valence-electron chi connectivity index (χ1n) is 8.33. The van der Waals surface area contributed by atoms with Crippen LogP contribution in [0.2, 0.25) is 0 Å². The maximum atomic E-state index is 12.7. The van der Waals surface area contributed by atoms with Gasteiger partial charge in [0.1, 0.15) is 0 Å². The largest absolute Gasteiger partial charge is 0.468 e. The fourth-order valence-corrected chi connectivity index (χ4v) is 2.44. The van der Waals surface area contributed by atoms with Crippen LogP contribution >= 0.6 is 0 Å². The lowest BCUT2D eigenvalue weighted by atomic mass is 10.3. The summed E-state index contributed by atoms with van der Waals surface area (Å²) in [6.07, 6.45) is -4.87. The molecule has 3 rings (SSSR count). The van der Waals surface area contributed by atoms with Crippen molar-refractivity contribution in [1.82, 2.24) is 24.3 Å². The van der Waals surface area contributed by atoms with E-state index in [1.807, 2.05) is 0 Å². The van der Waals surface area contributed by atoms with E-state index in [0.29, 0.717) is 5.69 Å². The van der Waals surface area contributed by atoms with Crippen molar-refractivity contribution < 1.29 is 31.4 Å². The molecule has 0 N–H and O–H groups in total. The van der Waals surface area contributed by atoms with E-state index in [-0.39, 0.29) is 17.3 Å². The minimum atomic E-state index is -4.54. The third kappa shape index (κ3) is 5.10. The van der Waals surface area contributed by atoms with Gasteiger partial charge in [0.15, 0.2) is 13.2 Å². The summed E-state index contributed by atoms with van der Waals surface area (Å²) in [6, 6.07) is 4.59. The summed E-state index contributed by atoms with van der Waals surface area (Å²) in [6.45, 7) is -2.56. The number of nitrogens with zero attached hydrogens (tertiary/aromatic N) is 5. The zero-order chi connectivity index (χ0) is 21.9. The average molecular weight is 431 g/mol. The Hall–Kier alpha value is -3.51. The van der Waals surface area contributed by atoms with Gasteiger partial charge in [0.2, 0.25) is 5.88 Å². The Morgan fingerprint density at radius 3 is 2.50 bits per heavy atom. The van der Waals surface area contributed by atoms with E-state index in [1.54, 1.807) is 13.1 Å². The molecule has 13 heteroatoms. The monoisotopic (exact) mass is 431 g/mol. The van der Waals surface area contributed by atoms with Gasteiger partial charge in [-0.2, -0.15) is 23.3 Å². The molecule has 0 amide bonds.